The minimum Gasteiger partial charge on any atom is -0.479 e. The predicted molar refractivity (Wildman–Crippen MR) is 177 cm³/mol. The number of para-hydroxylation sites is 1. The molecule has 1 aliphatic rings. The van der Waals surface area contributed by atoms with Crippen LogP contribution in [0.15, 0.2) is 59.4 Å². The van der Waals surface area contributed by atoms with Gasteiger partial charge in [-0.1, -0.05) is 38.1 Å². The number of rotatable bonds is 8. The number of furan rings is 1. The van der Waals surface area contributed by atoms with Crippen LogP contribution in [-0.2, 0) is 16.1 Å². The van der Waals surface area contributed by atoms with Crippen molar-refractivity contribution >= 4 is 39.5 Å². The molecule has 0 spiro atoms. The van der Waals surface area contributed by atoms with Gasteiger partial charge in [-0.05, 0) is 69.7 Å². The zero-order valence-corrected chi connectivity index (χ0v) is 27.1. The number of carboxylic acid groups (broad SMARTS) is 1. The highest BCUT2D eigenvalue weighted by Crippen LogP contribution is 2.43. The number of nitrogens with one attached hydrogen (secondary N) is 1. The van der Waals surface area contributed by atoms with Gasteiger partial charge in [0, 0.05) is 53.6 Å². The molecule has 4 heterocycles. The minimum absolute atomic E-state index is 0.168. The minimum atomic E-state index is -1.24. The first-order valence-corrected chi connectivity index (χ1v) is 15.6. The largest absolute Gasteiger partial charge is 0.479 e. The lowest BCUT2D eigenvalue weighted by Crippen LogP contribution is -2.39. The molecule has 0 bridgehead atoms. The Morgan fingerprint density at radius 1 is 1.13 bits per heavy atom. The summed E-state index contributed by atoms with van der Waals surface area (Å²) in [4.78, 5) is 28.2. The summed E-state index contributed by atoms with van der Waals surface area (Å²) in [7, 11) is 0. The Morgan fingerprint density at radius 2 is 1.87 bits per heavy atom. The molecular weight excluding hydrogens is 585 g/mol. The van der Waals surface area contributed by atoms with Gasteiger partial charge < -0.3 is 24.5 Å². The summed E-state index contributed by atoms with van der Waals surface area (Å²) in [6.07, 6.45) is 3.81. The summed E-state index contributed by atoms with van der Waals surface area (Å²) in [5.41, 5.74) is 4.89. The standard InChI is InChI=1S/C36H40FN5O4/c1-21-28(31(34(43)44)46-35(2,3)4)30(42-15-13-36(5,6)14-16-42)25(19-38-21)22-11-12-23(26(37)17-22)18-39-33-32-29(40-20-41-33)24-9-7-8-10-27(24)45-32/h7-12,17,19-20,31H,13-16,18H2,1-6H3,(H,43,44)(H,39,40,41). The third-order valence-corrected chi connectivity index (χ3v) is 8.65. The van der Waals surface area contributed by atoms with Crippen LogP contribution in [-0.4, -0.2) is 44.7 Å². The Labute approximate surface area is 267 Å². The van der Waals surface area contributed by atoms with Gasteiger partial charge in [-0.25, -0.2) is 19.2 Å². The molecule has 1 atom stereocenters. The number of nitrogens with zero attached hydrogens (tertiary/aromatic N) is 4. The molecule has 10 heteroatoms. The molecule has 1 saturated heterocycles. The number of aromatic nitrogens is 3. The van der Waals surface area contributed by atoms with E-state index in [9.17, 15) is 9.90 Å². The van der Waals surface area contributed by atoms with Gasteiger partial charge in [-0.3, -0.25) is 4.98 Å². The number of ether oxygens (including phenoxy) is 1. The van der Waals surface area contributed by atoms with Crippen molar-refractivity contribution in [2.45, 2.75) is 72.6 Å². The van der Waals surface area contributed by atoms with Crippen LogP contribution >= 0.6 is 0 Å². The number of aliphatic carboxylic acids is 1. The maximum atomic E-state index is 15.8. The molecule has 0 aliphatic carbocycles. The lowest BCUT2D eigenvalue weighted by Gasteiger charge is -2.41. The fourth-order valence-corrected chi connectivity index (χ4v) is 6.08. The van der Waals surface area contributed by atoms with Crippen molar-refractivity contribution in [1.82, 2.24) is 15.0 Å². The maximum Gasteiger partial charge on any atom is 0.337 e. The van der Waals surface area contributed by atoms with E-state index >= 15 is 4.39 Å². The first-order valence-electron chi connectivity index (χ1n) is 15.6. The Kier molecular flexibility index (Phi) is 8.18. The predicted octanol–water partition coefficient (Wildman–Crippen LogP) is 8.06. The number of aryl methyl sites for hydroxylation is 1. The van der Waals surface area contributed by atoms with E-state index in [1.54, 1.807) is 19.2 Å². The summed E-state index contributed by atoms with van der Waals surface area (Å²) >= 11 is 0. The highest BCUT2D eigenvalue weighted by Gasteiger charge is 2.36. The average molecular weight is 626 g/mol. The number of piperidine rings is 1. The normalized spacial score (nSPS) is 15.8. The van der Waals surface area contributed by atoms with Crippen LogP contribution in [0.25, 0.3) is 33.2 Å². The topological polar surface area (TPSA) is 114 Å². The van der Waals surface area contributed by atoms with Crippen LogP contribution in [0.2, 0.25) is 0 Å². The average Bonchev–Trinajstić information content (AvgIpc) is 3.38. The molecule has 2 N–H and O–H groups in total. The van der Waals surface area contributed by atoms with E-state index in [4.69, 9.17) is 9.15 Å². The molecule has 6 rings (SSSR count). The molecular formula is C36H40FN5O4. The van der Waals surface area contributed by atoms with E-state index < -0.39 is 23.5 Å². The number of hydrogen-bond acceptors (Lipinski definition) is 8. The first kappa shape index (κ1) is 31.4. The van der Waals surface area contributed by atoms with Crippen LogP contribution in [0.4, 0.5) is 15.9 Å². The summed E-state index contributed by atoms with van der Waals surface area (Å²) < 4.78 is 28.0. The smallest absolute Gasteiger partial charge is 0.337 e. The lowest BCUT2D eigenvalue weighted by molar-refractivity contribution is -0.160. The number of benzene rings is 2. The van der Waals surface area contributed by atoms with Crippen molar-refractivity contribution in [3.63, 3.8) is 0 Å². The Balaban J connectivity index is 1.37. The van der Waals surface area contributed by atoms with Gasteiger partial charge in [-0.2, -0.15) is 0 Å². The van der Waals surface area contributed by atoms with E-state index in [2.05, 4.69) is 39.0 Å². The third kappa shape index (κ3) is 6.26. The van der Waals surface area contributed by atoms with Gasteiger partial charge in [0.05, 0.1) is 11.3 Å². The SMILES string of the molecule is Cc1ncc(-c2ccc(CNc3ncnc4c3oc3ccccc34)c(F)c2)c(N2CCC(C)(C)CC2)c1C(OC(C)(C)C)C(=O)O. The van der Waals surface area contributed by atoms with Crippen molar-refractivity contribution in [3.8, 4) is 11.1 Å². The summed E-state index contributed by atoms with van der Waals surface area (Å²) in [6, 6.07) is 12.7. The van der Waals surface area contributed by atoms with Crippen LogP contribution in [0, 0.1) is 18.2 Å². The van der Waals surface area contributed by atoms with Crippen molar-refractivity contribution in [2.24, 2.45) is 5.41 Å². The van der Waals surface area contributed by atoms with E-state index in [1.807, 2.05) is 51.1 Å². The van der Waals surface area contributed by atoms with E-state index in [1.165, 1.54) is 12.4 Å². The molecule has 1 unspecified atom stereocenters. The third-order valence-electron chi connectivity index (χ3n) is 8.65. The zero-order chi connectivity index (χ0) is 32.8. The number of anilines is 2. The molecule has 1 aliphatic heterocycles. The Bertz CT molecular complexity index is 1920. The molecule has 9 nitrogen and oxygen atoms in total. The van der Waals surface area contributed by atoms with Crippen molar-refractivity contribution in [3.05, 3.63) is 77.6 Å². The molecule has 5 aromatic rings. The number of pyridine rings is 1. The van der Waals surface area contributed by atoms with E-state index in [-0.39, 0.29) is 12.0 Å². The Hall–Kier alpha value is -4.57. The lowest BCUT2D eigenvalue weighted by atomic mass is 9.82. The van der Waals surface area contributed by atoms with Gasteiger partial charge in [0.25, 0.3) is 0 Å². The number of hydrogen-bond donors (Lipinski definition) is 2. The number of carbonyl (C=O) groups is 1. The van der Waals surface area contributed by atoms with Gasteiger partial charge in [-0.15, -0.1) is 0 Å². The Morgan fingerprint density at radius 3 is 2.57 bits per heavy atom. The van der Waals surface area contributed by atoms with Gasteiger partial charge in [0.15, 0.2) is 17.5 Å². The fourth-order valence-electron chi connectivity index (χ4n) is 6.08. The molecule has 46 heavy (non-hydrogen) atoms. The second kappa shape index (κ2) is 12.0. The summed E-state index contributed by atoms with van der Waals surface area (Å²) in [6.45, 7) is 13.4. The van der Waals surface area contributed by atoms with Gasteiger partial charge in [0.2, 0.25) is 0 Å². The quantitative estimate of drug-likeness (QED) is 0.177. The number of halogens is 1. The second-order valence-electron chi connectivity index (χ2n) is 13.8. The van der Waals surface area contributed by atoms with Crippen LogP contribution in [0.5, 0.6) is 0 Å². The van der Waals surface area contributed by atoms with E-state index in [0.717, 1.165) is 37.0 Å². The highest BCUT2D eigenvalue weighted by atomic mass is 19.1. The fraction of sp³-hybridized carbons (Fsp3) is 0.389. The van der Waals surface area contributed by atoms with Crippen LogP contribution in [0.3, 0.4) is 0 Å². The molecule has 2 aromatic carbocycles. The molecule has 240 valence electrons. The zero-order valence-electron chi connectivity index (χ0n) is 27.1. The van der Waals surface area contributed by atoms with Crippen molar-refractivity contribution < 1.29 is 23.4 Å². The van der Waals surface area contributed by atoms with E-state index in [0.29, 0.717) is 50.4 Å². The van der Waals surface area contributed by atoms with Crippen molar-refractivity contribution in [2.75, 3.05) is 23.3 Å². The monoisotopic (exact) mass is 625 g/mol. The molecule has 0 saturated carbocycles. The highest BCUT2D eigenvalue weighted by molar-refractivity contribution is 6.05. The maximum absolute atomic E-state index is 15.8. The van der Waals surface area contributed by atoms with Crippen molar-refractivity contribution in [1.29, 1.82) is 0 Å². The molecule has 0 radical (unpaired) electrons. The van der Waals surface area contributed by atoms with Crippen LogP contribution in [0.1, 0.15) is 70.4 Å². The van der Waals surface area contributed by atoms with Gasteiger partial charge >= 0.3 is 5.97 Å². The molecule has 0 amide bonds. The molecule has 3 aromatic heterocycles. The molecule has 1 fully saturated rings. The van der Waals surface area contributed by atoms with Gasteiger partial charge in [0.1, 0.15) is 23.2 Å². The second-order valence-corrected chi connectivity index (χ2v) is 13.8. The summed E-state index contributed by atoms with van der Waals surface area (Å²) in [5, 5.41) is 14.5. The first-order chi connectivity index (χ1) is 21.8. The summed E-state index contributed by atoms with van der Waals surface area (Å²) in [5.74, 6) is -1.02. The number of fused-ring (bicyclic) bond motifs is 3. The number of carboxylic acids is 1. The van der Waals surface area contributed by atoms with Crippen LogP contribution < -0.4 is 10.2 Å².